The lowest BCUT2D eigenvalue weighted by molar-refractivity contribution is -0.384. The molecule has 3 fully saturated rings. The Morgan fingerprint density at radius 2 is 1.63 bits per heavy atom. The van der Waals surface area contributed by atoms with Gasteiger partial charge in [-0.25, -0.2) is 9.59 Å². The average molecular weight is 677 g/mol. The quantitative estimate of drug-likeness (QED) is 0.160. The fourth-order valence-corrected chi connectivity index (χ4v) is 10.4. The Balaban J connectivity index is 1.43. The first-order valence-electron chi connectivity index (χ1n) is 17.2. The summed E-state index contributed by atoms with van der Waals surface area (Å²) in [7, 11) is 3.09. The lowest BCUT2D eigenvalue weighted by atomic mass is 9.34. The highest BCUT2D eigenvalue weighted by Crippen LogP contribution is 2.75. The van der Waals surface area contributed by atoms with Crippen molar-refractivity contribution in [3.8, 4) is 0 Å². The molecule has 0 aromatic heterocycles. The molecule has 0 spiro atoms. The van der Waals surface area contributed by atoms with E-state index in [1.807, 2.05) is 19.9 Å². The van der Waals surface area contributed by atoms with Crippen molar-refractivity contribution in [1.29, 1.82) is 0 Å². The third kappa shape index (κ3) is 5.01. The van der Waals surface area contributed by atoms with E-state index in [9.17, 15) is 34.7 Å². The predicted molar refractivity (Wildman–Crippen MR) is 180 cm³/mol. The van der Waals surface area contributed by atoms with Gasteiger partial charge in [-0.05, 0) is 72.6 Å². The van der Waals surface area contributed by atoms with Crippen LogP contribution < -0.4 is 0 Å². The molecule has 49 heavy (non-hydrogen) atoms. The molecule has 10 unspecified atom stereocenters. The van der Waals surface area contributed by atoms with Gasteiger partial charge in [-0.2, -0.15) is 0 Å². The number of ether oxygens (including phenoxy) is 2. The van der Waals surface area contributed by atoms with Crippen molar-refractivity contribution in [3.05, 3.63) is 74.8 Å². The number of benzene rings is 1. The van der Waals surface area contributed by atoms with E-state index in [-0.39, 0.29) is 51.2 Å². The molecule has 1 aromatic carbocycles. The predicted octanol–water partition coefficient (Wildman–Crippen LogP) is 6.35. The number of nitrogens with zero attached hydrogens (tertiary/aromatic N) is 2. The Labute approximate surface area is 287 Å². The average Bonchev–Trinajstić information content (AvgIpc) is 3.05. The summed E-state index contributed by atoms with van der Waals surface area (Å²) in [5, 5.41) is 34.4. The molecule has 11 heteroatoms. The maximum absolute atomic E-state index is 13.5. The van der Waals surface area contributed by atoms with Gasteiger partial charge in [0.15, 0.2) is 17.3 Å². The summed E-state index contributed by atoms with van der Waals surface area (Å²) in [6, 6.07) is 5.08. The van der Waals surface area contributed by atoms with Crippen molar-refractivity contribution >= 4 is 23.5 Å². The highest BCUT2D eigenvalue weighted by atomic mass is 16.6. The van der Waals surface area contributed by atoms with Crippen LogP contribution in [0.5, 0.6) is 0 Å². The van der Waals surface area contributed by atoms with Crippen LogP contribution in [0, 0.1) is 55.4 Å². The van der Waals surface area contributed by atoms with Gasteiger partial charge in [-0.15, -0.1) is 0 Å². The van der Waals surface area contributed by atoms with Gasteiger partial charge in [0.2, 0.25) is 0 Å². The van der Waals surface area contributed by atoms with E-state index in [0.717, 1.165) is 30.4 Å². The number of fused-ring (bicyclic) bond motifs is 7. The van der Waals surface area contributed by atoms with Crippen molar-refractivity contribution in [2.75, 3.05) is 14.1 Å². The molecule has 11 nitrogen and oxygen atoms in total. The number of carbonyl (C=O) groups excluding carboxylic acids is 3. The van der Waals surface area contributed by atoms with E-state index < -0.39 is 51.9 Å². The summed E-state index contributed by atoms with van der Waals surface area (Å²) in [5.74, 6) is -1.81. The van der Waals surface area contributed by atoms with Gasteiger partial charge in [-0.3, -0.25) is 14.9 Å². The molecular weight excluding hydrogens is 628 g/mol. The standard InChI is InChI=1S/C38H48N2O9/c1-20-17-27-36(4,32(43)30(20)42)14-16-38(6)28-19-25(41)29-21(2)31(49-34(45)39(7)8)26(18-24(29)35(28,3)13-15-37(27,38)5)48-33(44)22-9-11-23(12-10-22)40(46)47/h9-12,18-21,25,27,29,32,41,43H,13-17H2,1-8H3. The number of non-ortho nitro benzene ring substituents is 1. The SMILES string of the molecule is CC1CC2C(C)(CCC3(C)C4=CC(O)C5C(=CC(OC(=O)c6ccc([N+](=O)[O-])cc6)=C(OC(=O)N(C)C)C5C)C4(C)CCC23C)C(O)C1=O. The number of amides is 1. The van der Waals surface area contributed by atoms with E-state index in [4.69, 9.17) is 9.47 Å². The van der Waals surface area contributed by atoms with Crippen molar-refractivity contribution in [3.63, 3.8) is 0 Å². The molecule has 0 saturated heterocycles. The Kier molecular flexibility index (Phi) is 8.30. The smallest absolute Gasteiger partial charge is 0.414 e. The van der Waals surface area contributed by atoms with Gasteiger partial charge in [0.25, 0.3) is 5.69 Å². The molecular formula is C38H48N2O9. The van der Waals surface area contributed by atoms with Crippen LogP contribution in [0.15, 0.2) is 59.1 Å². The largest absolute Gasteiger partial charge is 0.419 e. The first-order chi connectivity index (χ1) is 22.8. The molecule has 5 aliphatic rings. The topological polar surface area (TPSA) is 157 Å². The van der Waals surface area contributed by atoms with Gasteiger partial charge in [-0.1, -0.05) is 53.2 Å². The number of carbonyl (C=O) groups is 3. The molecule has 264 valence electrons. The second-order valence-corrected chi connectivity index (χ2v) is 16.3. The van der Waals surface area contributed by atoms with Gasteiger partial charge in [0.05, 0.1) is 16.6 Å². The zero-order valence-electron chi connectivity index (χ0n) is 29.6. The first-order valence-corrected chi connectivity index (χ1v) is 17.2. The van der Waals surface area contributed by atoms with Crippen LogP contribution in [0.1, 0.15) is 84.0 Å². The minimum Gasteiger partial charge on any atom is -0.419 e. The molecule has 1 amide bonds. The van der Waals surface area contributed by atoms with Gasteiger partial charge in [0.1, 0.15) is 6.10 Å². The lowest BCUT2D eigenvalue weighted by Gasteiger charge is -2.70. The molecule has 3 saturated carbocycles. The van der Waals surface area contributed by atoms with Gasteiger partial charge in [0, 0.05) is 54.8 Å². The Morgan fingerprint density at radius 1 is 0.980 bits per heavy atom. The minimum absolute atomic E-state index is 0.0597. The fourth-order valence-electron chi connectivity index (χ4n) is 10.4. The van der Waals surface area contributed by atoms with Crippen molar-refractivity contribution in [2.45, 2.75) is 85.9 Å². The van der Waals surface area contributed by atoms with E-state index in [2.05, 4.69) is 27.7 Å². The number of ketones is 1. The number of allylic oxidation sites excluding steroid dienone is 3. The molecule has 1 aromatic rings. The molecule has 0 radical (unpaired) electrons. The van der Waals surface area contributed by atoms with Crippen LogP contribution >= 0.6 is 0 Å². The van der Waals surface area contributed by atoms with E-state index >= 15 is 0 Å². The van der Waals surface area contributed by atoms with Crippen LogP contribution in [0.3, 0.4) is 0 Å². The summed E-state index contributed by atoms with van der Waals surface area (Å²) in [5.41, 5.74) is 0.246. The summed E-state index contributed by atoms with van der Waals surface area (Å²) in [4.78, 5) is 51.2. The second kappa shape index (κ2) is 11.6. The zero-order chi connectivity index (χ0) is 36.0. The highest BCUT2D eigenvalue weighted by molar-refractivity contribution is 5.90. The van der Waals surface area contributed by atoms with E-state index in [1.54, 1.807) is 20.2 Å². The molecule has 2 N–H and O–H groups in total. The van der Waals surface area contributed by atoms with Crippen molar-refractivity contribution in [1.82, 2.24) is 4.90 Å². The highest BCUT2D eigenvalue weighted by Gasteiger charge is 2.69. The van der Waals surface area contributed by atoms with Crippen molar-refractivity contribution in [2.24, 2.45) is 45.3 Å². The zero-order valence-corrected chi connectivity index (χ0v) is 29.6. The molecule has 5 aliphatic carbocycles. The number of hydrogen-bond donors (Lipinski definition) is 2. The Morgan fingerprint density at radius 3 is 2.24 bits per heavy atom. The monoisotopic (exact) mass is 676 g/mol. The number of aliphatic hydroxyl groups excluding tert-OH is 2. The third-order valence-corrected chi connectivity index (χ3v) is 13.6. The minimum atomic E-state index is -1.01. The van der Waals surface area contributed by atoms with E-state index in [0.29, 0.717) is 12.8 Å². The number of esters is 1. The summed E-state index contributed by atoms with van der Waals surface area (Å²) in [6.45, 7) is 12.6. The first kappa shape index (κ1) is 35.0. The molecule has 0 aliphatic heterocycles. The van der Waals surface area contributed by atoms with Crippen LogP contribution in [-0.4, -0.2) is 64.2 Å². The van der Waals surface area contributed by atoms with Crippen LogP contribution in [0.2, 0.25) is 0 Å². The second-order valence-electron chi connectivity index (χ2n) is 16.3. The van der Waals surface area contributed by atoms with Crippen LogP contribution in [0.4, 0.5) is 10.5 Å². The summed E-state index contributed by atoms with van der Waals surface area (Å²) in [6.07, 6.45) is 4.84. The Hall–Kier alpha value is -3.83. The molecule has 10 atom stereocenters. The maximum atomic E-state index is 13.5. The lowest BCUT2D eigenvalue weighted by Crippen LogP contribution is -2.66. The van der Waals surface area contributed by atoms with Crippen molar-refractivity contribution < 1.29 is 39.0 Å². The third-order valence-electron chi connectivity index (χ3n) is 13.6. The number of nitro groups is 1. The molecule has 0 bridgehead atoms. The number of hydrogen-bond acceptors (Lipinski definition) is 9. The summed E-state index contributed by atoms with van der Waals surface area (Å²) >= 11 is 0. The number of nitro benzene ring substituents is 1. The molecule has 0 heterocycles. The fraction of sp³-hybridized carbons (Fsp3) is 0.605. The normalized spacial score (nSPS) is 39.7. The molecule has 6 rings (SSSR count). The number of Topliss-reactive ketones (excluding diaryl/α,β-unsaturated/α-hetero) is 1. The van der Waals surface area contributed by atoms with Gasteiger partial charge < -0.3 is 24.6 Å². The maximum Gasteiger partial charge on any atom is 0.414 e. The van der Waals surface area contributed by atoms with Crippen LogP contribution in [0.25, 0.3) is 0 Å². The number of aliphatic hydroxyl groups is 2. The van der Waals surface area contributed by atoms with Crippen LogP contribution in [-0.2, 0) is 14.3 Å². The Bertz CT molecular complexity index is 1710. The summed E-state index contributed by atoms with van der Waals surface area (Å²) < 4.78 is 11.8. The van der Waals surface area contributed by atoms with E-state index in [1.165, 1.54) is 29.2 Å². The van der Waals surface area contributed by atoms with Gasteiger partial charge >= 0.3 is 12.1 Å². The number of rotatable bonds is 4.